The summed E-state index contributed by atoms with van der Waals surface area (Å²) >= 11 is 1.69. The van der Waals surface area contributed by atoms with E-state index in [2.05, 4.69) is 20.6 Å². The monoisotopic (exact) mass is 392 g/mol. The fraction of sp³-hybridized carbons (Fsp3) is 0.273. The summed E-state index contributed by atoms with van der Waals surface area (Å²) in [6, 6.07) is 17.7. The predicted molar refractivity (Wildman–Crippen MR) is 114 cm³/mol. The van der Waals surface area contributed by atoms with Gasteiger partial charge in [0.1, 0.15) is 0 Å². The van der Waals surface area contributed by atoms with Crippen molar-refractivity contribution in [2.75, 3.05) is 31.5 Å². The van der Waals surface area contributed by atoms with Crippen molar-refractivity contribution in [2.24, 2.45) is 0 Å². The van der Waals surface area contributed by atoms with Gasteiger partial charge >= 0.3 is 0 Å². The maximum atomic E-state index is 13.1. The smallest absolute Gasteiger partial charge is 0.256 e. The minimum Gasteiger partial charge on any atom is -0.355 e. The Labute approximate surface area is 169 Å². The Morgan fingerprint density at radius 3 is 2.46 bits per heavy atom. The Bertz CT molecular complexity index is 932. The number of nitrogens with one attached hydrogen (secondary N) is 1. The van der Waals surface area contributed by atoms with Gasteiger partial charge in [-0.3, -0.25) is 9.69 Å². The quantitative estimate of drug-likeness (QED) is 0.709. The molecule has 0 unspecified atom stereocenters. The molecule has 4 rings (SSSR count). The van der Waals surface area contributed by atoms with E-state index >= 15 is 0 Å². The SMILES string of the molecule is Cc1nc(CN2CCN(C(=O)c3ccccc3Nc3ccccc3)CC2)cs1. The van der Waals surface area contributed by atoms with Crippen LogP contribution in [-0.2, 0) is 6.54 Å². The fourth-order valence-corrected chi connectivity index (χ4v) is 4.05. The molecule has 0 radical (unpaired) electrons. The van der Waals surface area contributed by atoms with Gasteiger partial charge in [-0.15, -0.1) is 11.3 Å². The highest BCUT2D eigenvalue weighted by atomic mass is 32.1. The van der Waals surface area contributed by atoms with Crippen LogP contribution in [-0.4, -0.2) is 46.9 Å². The first-order chi connectivity index (χ1) is 13.7. The Hall–Kier alpha value is -2.70. The second-order valence-corrected chi connectivity index (χ2v) is 8.03. The number of hydrogen-bond donors (Lipinski definition) is 1. The van der Waals surface area contributed by atoms with Crippen LogP contribution in [0, 0.1) is 6.92 Å². The summed E-state index contributed by atoms with van der Waals surface area (Å²) in [5.41, 5.74) is 3.67. The standard InChI is InChI=1S/C22H24N4OS/c1-17-23-19(16-28-17)15-25-11-13-26(14-12-25)22(27)20-9-5-6-10-21(20)24-18-7-3-2-4-8-18/h2-10,16,24H,11-15H2,1H3. The second kappa shape index (κ2) is 8.54. The number of thiazole rings is 1. The van der Waals surface area contributed by atoms with E-state index < -0.39 is 0 Å². The number of piperazine rings is 1. The molecule has 1 aliphatic heterocycles. The van der Waals surface area contributed by atoms with Gasteiger partial charge in [0.25, 0.3) is 5.91 Å². The number of rotatable bonds is 5. The highest BCUT2D eigenvalue weighted by Crippen LogP contribution is 2.23. The molecule has 2 aromatic carbocycles. The van der Waals surface area contributed by atoms with Crippen LogP contribution >= 0.6 is 11.3 Å². The largest absolute Gasteiger partial charge is 0.355 e. The lowest BCUT2D eigenvalue weighted by molar-refractivity contribution is 0.0628. The van der Waals surface area contributed by atoms with Crippen molar-refractivity contribution in [1.82, 2.24) is 14.8 Å². The molecule has 144 valence electrons. The van der Waals surface area contributed by atoms with Crippen molar-refractivity contribution in [1.29, 1.82) is 0 Å². The van der Waals surface area contributed by atoms with E-state index in [-0.39, 0.29) is 5.91 Å². The molecule has 3 aromatic rings. The van der Waals surface area contributed by atoms with Crippen molar-refractivity contribution in [3.63, 3.8) is 0 Å². The van der Waals surface area contributed by atoms with Gasteiger partial charge in [-0.2, -0.15) is 0 Å². The van der Waals surface area contributed by atoms with Gasteiger partial charge in [0.15, 0.2) is 0 Å². The molecule has 28 heavy (non-hydrogen) atoms. The lowest BCUT2D eigenvalue weighted by Gasteiger charge is -2.34. The molecule has 0 spiro atoms. The molecule has 6 heteroatoms. The van der Waals surface area contributed by atoms with Gasteiger partial charge in [-0.05, 0) is 31.2 Å². The van der Waals surface area contributed by atoms with Gasteiger partial charge in [0.2, 0.25) is 0 Å². The van der Waals surface area contributed by atoms with Crippen LogP contribution < -0.4 is 5.32 Å². The summed E-state index contributed by atoms with van der Waals surface area (Å²) in [6.45, 7) is 6.11. The van der Waals surface area contributed by atoms with Gasteiger partial charge < -0.3 is 10.2 Å². The molecule has 0 bridgehead atoms. The van der Waals surface area contributed by atoms with E-state index in [1.54, 1.807) is 11.3 Å². The van der Waals surface area contributed by atoms with E-state index in [9.17, 15) is 4.79 Å². The number of carbonyl (C=O) groups is 1. The minimum absolute atomic E-state index is 0.0863. The molecule has 0 atom stereocenters. The molecular formula is C22H24N4OS. The fourth-order valence-electron chi connectivity index (χ4n) is 3.44. The Balaban J connectivity index is 1.40. The van der Waals surface area contributed by atoms with Crippen LogP contribution in [0.2, 0.25) is 0 Å². The van der Waals surface area contributed by atoms with Gasteiger partial charge in [0, 0.05) is 43.8 Å². The number of aryl methyl sites for hydroxylation is 1. The predicted octanol–water partition coefficient (Wildman–Crippen LogP) is 4.15. The summed E-state index contributed by atoms with van der Waals surface area (Å²) < 4.78 is 0. The highest BCUT2D eigenvalue weighted by Gasteiger charge is 2.24. The summed E-state index contributed by atoms with van der Waals surface area (Å²) in [5, 5.41) is 6.60. The number of benzene rings is 2. The van der Waals surface area contributed by atoms with Crippen molar-refractivity contribution in [3.8, 4) is 0 Å². The third kappa shape index (κ3) is 4.40. The number of anilines is 2. The molecule has 5 nitrogen and oxygen atoms in total. The number of nitrogens with zero attached hydrogens (tertiary/aromatic N) is 3. The molecule has 1 N–H and O–H groups in total. The van der Waals surface area contributed by atoms with E-state index in [1.165, 1.54) is 0 Å². The Morgan fingerprint density at radius 1 is 1.04 bits per heavy atom. The second-order valence-electron chi connectivity index (χ2n) is 6.96. The molecule has 1 saturated heterocycles. The Morgan fingerprint density at radius 2 is 1.75 bits per heavy atom. The van der Waals surface area contributed by atoms with Gasteiger partial charge in [-0.25, -0.2) is 4.98 Å². The first-order valence-corrected chi connectivity index (χ1v) is 10.4. The van der Waals surface area contributed by atoms with Crippen LogP contribution in [0.15, 0.2) is 60.0 Å². The van der Waals surface area contributed by atoms with Crippen molar-refractivity contribution in [2.45, 2.75) is 13.5 Å². The summed E-state index contributed by atoms with van der Waals surface area (Å²) in [5.74, 6) is 0.0863. The lowest BCUT2D eigenvalue weighted by Crippen LogP contribution is -2.48. The van der Waals surface area contributed by atoms with Crippen molar-refractivity contribution < 1.29 is 4.79 Å². The van der Waals surface area contributed by atoms with Gasteiger partial charge in [-0.1, -0.05) is 30.3 Å². The molecule has 2 heterocycles. The first kappa shape index (κ1) is 18.7. The zero-order chi connectivity index (χ0) is 19.3. The zero-order valence-electron chi connectivity index (χ0n) is 16.0. The van der Waals surface area contributed by atoms with Gasteiger partial charge in [0.05, 0.1) is 22.0 Å². The number of hydrogen-bond acceptors (Lipinski definition) is 5. The number of aromatic nitrogens is 1. The van der Waals surface area contributed by atoms with E-state index in [0.717, 1.165) is 60.4 Å². The van der Waals surface area contributed by atoms with Crippen LogP contribution in [0.3, 0.4) is 0 Å². The maximum Gasteiger partial charge on any atom is 0.256 e. The zero-order valence-corrected chi connectivity index (χ0v) is 16.8. The molecule has 1 aliphatic rings. The first-order valence-electron chi connectivity index (χ1n) is 9.53. The maximum absolute atomic E-state index is 13.1. The van der Waals surface area contributed by atoms with Crippen LogP contribution in [0.1, 0.15) is 21.1 Å². The number of amides is 1. The summed E-state index contributed by atoms with van der Waals surface area (Å²) in [7, 11) is 0. The molecule has 1 fully saturated rings. The number of carbonyl (C=O) groups excluding carboxylic acids is 1. The van der Waals surface area contributed by atoms with Crippen LogP contribution in [0.25, 0.3) is 0 Å². The minimum atomic E-state index is 0.0863. The van der Waals surface area contributed by atoms with Crippen molar-refractivity contribution in [3.05, 3.63) is 76.2 Å². The molecular weight excluding hydrogens is 368 g/mol. The van der Waals surface area contributed by atoms with E-state index in [4.69, 9.17) is 0 Å². The average molecular weight is 393 g/mol. The van der Waals surface area contributed by atoms with Crippen molar-refractivity contribution >= 4 is 28.6 Å². The molecule has 1 amide bonds. The molecule has 0 aliphatic carbocycles. The van der Waals surface area contributed by atoms with E-state index in [1.807, 2.05) is 66.4 Å². The average Bonchev–Trinajstić information content (AvgIpc) is 3.14. The summed E-state index contributed by atoms with van der Waals surface area (Å²) in [4.78, 5) is 22.0. The summed E-state index contributed by atoms with van der Waals surface area (Å²) in [6.07, 6.45) is 0. The third-order valence-electron chi connectivity index (χ3n) is 4.92. The highest BCUT2D eigenvalue weighted by molar-refractivity contribution is 7.09. The normalized spacial score (nSPS) is 14.8. The number of para-hydroxylation sites is 2. The lowest BCUT2D eigenvalue weighted by atomic mass is 10.1. The van der Waals surface area contributed by atoms with Crippen LogP contribution in [0.4, 0.5) is 11.4 Å². The Kier molecular flexibility index (Phi) is 5.69. The third-order valence-corrected chi connectivity index (χ3v) is 5.74. The molecule has 0 saturated carbocycles. The van der Waals surface area contributed by atoms with Crippen LogP contribution in [0.5, 0.6) is 0 Å². The topological polar surface area (TPSA) is 48.5 Å². The van der Waals surface area contributed by atoms with E-state index in [0.29, 0.717) is 0 Å². The molecule has 1 aromatic heterocycles.